The average molecular weight is 224 g/mol. The molecule has 0 amide bonds. The first kappa shape index (κ1) is 23.1. The lowest BCUT2D eigenvalue weighted by Crippen LogP contribution is -2.03. The van der Waals surface area contributed by atoms with Crippen LogP contribution in [-0.2, 0) is 19.1 Å². The molecule has 0 aliphatic heterocycles. The summed E-state index contributed by atoms with van der Waals surface area (Å²) in [5, 5.41) is 15.4. The van der Waals surface area contributed by atoms with Crippen molar-refractivity contribution in [3.8, 4) is 0 Å². The zero-order valence-electron chi connectivity index (χ0n) is 8.43. The van der Waals surface area contributed by atoms with Gasteiger partial charge < -0.3 is 27.3 Å². The van der Waals surface area contributed by atoms with Crippen molar-refractivity contribution >= 4 is 17.9 Å². The van der Waals surface area contributed by atoms with Crippen molar-refractivity contribution in [3.05, 3.63) is 12.7 Å². The van der Waals surface area contributed by atoms with Crippen molar-refractivity contribution in [2.75, 3.05) is 7.11 Å². The van der Waals surface area contributed by atoms with Crippen molar-refractivity contribution in [1.29, 1.82) is 0 Å². The second-order valence-corrected chi connectivity index (χ2v) is 1.69. The molecule has 0 unspecified atom stereocenters. The predicted molar refractivity (Wildman–Crippen MR) is 52.1 cm³/mol. The Balaban J connectivity index is -0.0000000718. The van der Waals surface area contributed by atoms with Gasteiger partial charge in [-0.15, -0.1) is 0 Å². The third-order valence-electron chi connectivity index (χ3n) is 0.670. The summed E-state index contributed by atoms with van der Waals surface area (Å²) in [5.41, 5.74) is 0. The Labute approximate surface area is 86.7 Å². The Kier molecular flexibility index (Phi) is 22.5. The number of carboxylic acids is 2. The zero-order valence-corrected chi connectivity index (χ0v) is 8.43. The highest BCUT2D eigenvalue weighted by atomic mass is 16.5. The van der Waals surface area contributed by atoms with Crippen LogP contribution in [0.25, 0.3) is 0 Å². The second-order valence-electron chi connectivity index (χ2n) is 1.69. The molecular weight excluding hydrogens is 208 g/mol. The fraction of sp³-hybridized carbons (Fsp3) is 0.286. The first-order chi connectivity index (χ1) is 5.93. The fourth-order valence-corrected chi connectivity index (χ4v) is 0.213. The first-order valence-electron chi connectivity index (χ1n) is 3.08. The van der Waals surface area contributed by atoms with E-state index in [0.717, 1.165) is 6.08 Å². The van der Waals surface area contributed by atoms with Crippen molar-refractivity contribution in [2.24, 2.45) is 0 Å². The summed E-state index contributed by atoms with van der Waals surface area (Å²) in [5.74, 6) is -3.02. The topological polar surface area (TPSA) is 171 Å². The summed E-state index contributed by atoms with van der Waals surface area (Å²) in [4.78, 5) is 28.7. The minimum absolute atomic E-state index is 0. The van der Waals surface area contributed by atoms with Crippen molar-refractivity contribution in [1.82, 2.24) is 12.3 Å². The van der Waals surface area contributed by atoms with Crippen LogP contribution >= 0.6 is 0 Å². The highest BCUT2D eigenvalue weighted by Crippen LogP contribution is 1.74. The fourth-order valence-electron chi connectivity index (χ4n) is 0.213. The molecule has 0 fully saturated rings. The molecule has 0 saturated heterocycles. The molecule has 8 nitrogen and oxygen atoms in total. The number of carbonyl (C=O) groups is 3. The molecular formula is C7H16N2O6. The Morgan fingerprint density at radius 2 is 1.53 bits per heavy atom. The van der Waals surface area contributed by atoms with E-state index >= 15 is 0 Å². The highest BCUT2D eigenvalue weighted by Gasteiger charge is 2.01. The summed E-state index contributed by atoms with van der Waals surface area (Å²) < 4.78 is 4.14. The molecule has 0 spiro atoms. The van der Waals surface area contributed by atoms with Gasteiger partial charge in [-0.05, 0) is 0 Å². The molecule has 0 aromatic heterocycles. The lowest BCUT2D eigenvalue weighted by Gasteiger charge is -1.83. The molecule has 0 atom stereocenters. The number of carboxylic acid groups (broad SMARTS) is 2. The van der Waals surface area contributed by atoms with Crippen LogP contribution in [0, 0.1) is 0 Å². The molecule has 0 bridgehead atoms. The van der Waals surface area contributed by atoms with E-state index in [2.05, 4.69) is 11.3 Å². The van der Waals surface area contributed by atoms with Gasteiger partial charge in [-0.1, -0.05) is 6.58 Å². The first-order valence-corrected chi connectivity index (χ1v) is 3.08. The average Bonchev–Trinajstić information content (AvgIpc) is 2.01. The summed E-state index contributed by atoms with van der Waals surface area (Å²) in [7, 11) is 1.31. The lowest BCUT2D eigenvalue weighted by atomic mass is 10.5. The Morgan fingerprint density at radius 1 is 1.20 bits per heavy atom. The molecule has 0 radical (unpaired) electrons. The summed E-state index contributed by atoms with van der Waals surface area (Å²) in [6, 6.07) is 0. The third kappa shape index (κ3) is 33.2. The minimum Gasteiger partial charge on any atom is -0.481 e. The van der Waals surface area contributed by atoms with Gasteiger partial charge in [0.05, 0.1) is 7.11 Å². The van der Waals surface area contributed by atoms with E-state index in [1.54, 1.807) is 0 Å². The molecule has 0 aliphatic carbocycles. The molecule has 0 aromatic rings. The molecule has 8 N–H and O–H groups in total. The summed E-state index contributed by atoms with van der Waals surface area (Å²) in [6.45, 7) is 3.16. The molecule has 8 heteroatoms. The number of aliphatic carboxylic acids is 2. The molecule has 90 valence electrons. The van der Waals surface area contributed by atoms with E-state index in [1.165, 1.54) is 7.11 Å². The lowest BCUT2D eigenvalue weighted by molar-refractivity contribution is -0.147. The van der Waals surface area contributed by atoms with E-state index in [9.17, 15) is 14.4 Å². The van der Waals surface area contributed by atoms with E-state index in [0.29, 0.717) is 0 Å². The number of hydrogen-bond acceptors (Lipinski definition) is 6. The quantitative estimate of drug-likeness (QED) is 0.299. The van der Waals surface area contributed by atoms with Crippen molar-refractivity contribution in [2.45, 2.75) is 6.42 Å². The normalized spacial score (nSPS) is 6.47. The maximum atomic E-state index is 9.84. The van der Waals surface area contributed by atoms with Gasteiger partial charge in [-0.3, -0.25) is 9.59 Å². The number of ether oxygens (including phenoxy) is 1. The van der Waals surface area contributed by atoms with Gasteiger partial charge in [0, 0.05) is 6.08 Å². The standard InChI is InChI=1S/C4H6O2.C3H4O4.2H3N/c1-3-4(5)6-2;4-2(5)1-3(6)7;;/h3H,1H2,2H3;1H2,(H,4,5)(H,6,7);2*1H3. The van der Waals surface area contributed by atoms with Crippen LogP contribution in [-0.4, -0.2) is 35.2 Å². The van der Waals surface area contributed by atoms with Gasteiger partial charge in [0.1, 0.15) is 6.42 Å². The smallest absolute Gasteiger partial charge is 0.329 e. The Bertz CT molecular complexity index is 204. The largest absolute Gasteiger partial charge is 0.481 e. The van der Waals surface area contributed by atoms with Gasteiger partial charge >= 0.3 is 17.9 Å². The maximum Gasteiger partial charge on any atom is 0.329 e. The molecule has 0 aliphatic rings. The van der Waals surface area contributed by atoms with Crippen molar-refractivity contribution < 1.29 is 29.3 Å². The van der Waals surface area contributed by atoms with Crippen LogP contribution in [0.2, 0.25) is 0 Å². The molecule has 0 aromatic carbocycles. The van der Waals surface area contributed by atoms with Gasteiger partial charge in [0.25, 0.3) is 0 Å². The van der Waals surface area contributed by atoms with Crippen molar-refractivity contribution in [3.63, 3.8) is 0 Å². The number of hydrogen-bond donors (Lipinski definition) is 4. The summed E-state index contributed by atoms with van der Waals surface area (Å²) in [6.07, 6.45) is 0.306. The van der Waals surface area contributed by atoms with Gasteiger partial charge in [-0.2, -0.15) is 0 Å². The number of esters is 1. The maximum absolute atomic E-state index is 9.84. The summed E-state index contributed by atoms with van der Waals surface area (Å²) >= 11 is 0. The van der Waals surface area contributed by atoms with Crippen LogP contribution in [0.5, 0.6) is 0 Å². The van der Waals surface area contributed by atoms with Crippen LogP contribution < -0.4 is 12.3 Å². The van der Waals surface area contributed by atoms with E-state index in [4.69, 9.17) is 10.2 Å². The molecule has 0 saturated carbocycles. The van der Waals surface area contributed by atoms with E-state index in [-0.39, 0.29) is 12.3 Å². The SMILES string of the molecule is C=CC(=O)OC.N.N.O=C(O)CC(=O)O. The van der Waals surface area contributed by atoms with Crippen LogP contribution in [0.4, 0.5) is 0 Å². The number of methoxy groups -OCH3 is 1. The number of rotatable bonds is 3. The number of carbonyl (C=O) groups excluding carboxylic acids is 1. The van der Waals surface area contributed by atoms with Gasteiger partial charge in [0.15, 0.2) is 0 Å². The molecule has 0 rings (SSSR count). The van der Waals surface area contributed by atoms with E-state index < -0.39 is 24.3 Å². The van der Waals surface area contributed by atoms with Gasteiger partial charge in [-0.25, -0.2) is 4.79 Å². The van der Waals surface area contributed by atoms with Crippen LogP contribution in [0.1, 0.15) is 6.42 Å². The van der Waals surface area contributed by atoms with E-state index in [1.807, 2.05) is 0 Å². The Morgan fingerprint density at radius 3 is 1.53 bits per heavy atom. The predicted octanol–water partition coefficient (Wildman–Crippen LogP) is 0.215. The molecule has 0 heterocycles. The molecule has 15 heavy (non-hydrogen) atoms. The van der Waals surface area contributed by atoms with Crippen LogP contribution in [0.3, 0.4) is 0 Å². The monoisotopic (exact) mass is 224 g/mol. The highest BCUT2D eigenvalue weighted by molar-refractivity contribution is 5.88. The third-order valence-corrected chi connectivity index (χ3v) is 0.670. The second kappa shape index (κ2) is 14.6. The zero-order chi connectivity index (χ0) is 10.9. The minimum atomic E-state index is -1.31. The van der Waals surface area contributed by atoms with Crippen LogP contribution in [0.15, 0.2) is 12.7 Å². The Hall–Kier alpha value is -1.93. The van der Waals surface area contributed by atoms with Gasteiger partial charge in [0.2, 0.25) is 0 Å².